The van der Waals surface area contributed by atoms with Crippen molar-refractivity contribution in [3.63, 3.8) is 0 Å². The molecule has 1 unspecified atom stereocenters. The summed E-state index contributed by atoms with van der Waals surface area (Å²) in [4.78, 5) is 0. The van der Waals surface area contributed by atoms with Crippen LogP contribution >= 0.6 is 0 Å². The summed E-state index contributed by atoms with van der Waals surface area (Å²) >= 11 is 0. The van der Waals surface area contributed by atoms with Crippen molar-refractivity contribution in [1.29, 1.82) is 0 Å². The zero-order chi connectivity index (χ0) is 12.4. The van der Waals surface area contributed by atoms with E-state index in [1.54, 1.807) is 16.8 Å². The number of nitrogens with one attached hydrogen (secondary N) is 1. The van der Waals surface area contributed by atoms with Gasteiger partial charge in [0.2, 0.25) is 0 Å². The first-order chi connectivity index (χ1) is 8.83. The van der Waals surface area contributed by atoms with Gasteiger partial charge in [-0.25, -0.2) is 4.39 Å². The van der Waals surface area contributed by atoms with Crippen LogP contribution in [0.25, 0.3) is 5.69 Å². The Hall–Kier alpha value is -1.82. The zero-order valence-electron chi connectivity index (χ0n) is 9.88. The zero-order valence-corrected chi connectivity index (χ0v) is 9.88. The normalized spacial score (nSPS) is 19.3. The molecule has 5 nitrogen and oxygen atoms in total. The van der Waals surface area contributed by atoms with Crippen LogP contribution in [0.5, 0.6) is 0 Å². The van der Waals surface area contributed by atoms with Gasteiger partial charge in [0, 0.05) is 12.5 Å². The smallest absolute Gasteiger partial charge is 0.158 e. The molecule has 0 saturated carbocycles. The summed E-state index contributed by atoms with van der Waals surface area (Å²) in [5.41, 5.74) is 0.786. The molecule has 0 spiro atoms. The van der Waals surface area contributed by atoms with Gasteiger partial charge in [0.25, 0.3) is 0 Å². The second-order valence-corrected chi connectivity index (χ2v) is 4.48. The monoisotopic (exact) mass is 247 g/mol. The van der Waals surface area contributed by atoms with Gasteiger partial charge in [-0.3, -0.25) is 0 Å². The first-order valence-corrected chi connectivity index (χ1v) is 6.09. The Morgan fingerprint density at radius 1 is 1.33 bits per heavy atom. The Morgan fingerprint density at radius 3 is 2.89 bits per heavy atom. The number of nitrogens with zero attached hydrogens (tertiary/aromatic N) is 4. The van der Waals surface area contributed by atoms with Crippen molar-refractivity contribution in [2.24, 2.45) is 0 Å². The van der Waals surface area contributed by atoms with E-state index in [2.05, 4.69) is 20.8 Å². The highest BCUT2D eigenvalue weighted by atomic mass is 19.1. The summed E-state index contributed by atoms with van der Waals surface area (Å²) in [6.07, 6.45) is 3.14. The first kappa shape index (κ1) is 11.3. The lowest BCUT2D eigenvalue weighted by molar-refractivity contribution is 0.574. The maximum absolute atomic E-state index is 12.9. The van der Waals surface area contributed by atoms with Crippen molar-refractivity contribution in [2.45, 2.75) is 25.3 Å². The number of rotatable bonds is 3. The van der Waals surface area contributed by atoms with Crippen LogP contribution in [0.1, 0.15) is 18.7 Å². The van der Waals surface area contributed by atoms with Crippen LogP contribution in [-0.2, 0) is 6.42 Å². The number of hydrogen-bond acceptors (Lipinski definition) is 4. The van der Waals surface area contributed by atoms with Crippen LogP contribution in [0.15, 0.2) is 24.3 Å². The molecule has 18 heavy (non-hydrogen) atoms. The Labute approximate surface area is 104 Å². The molecule has 1 aliphatic heterocycles. The molecule has 0 amide bonds. The first-order valence-electron chi connectivity index (χ1n) is 6.09. The number of hydrogen-bond donors (Lipinski definition) is 1. The fraction of sp³-hybridized carbons (Fsp3) is 0.417. The molecule has 3 rings (SSSR count). The lowest BCUT2D eigenvalue weighted by Gasteiger charge is -2.09. The number of aromatic nitrogens is 4. The summed E-state index contributed by atoms with van der Waals surface area (Å²) < 4.78 is 14.6. The van der Waals surface area contributed by atoms with Gasteiger partial charge in [-0.05, 0) is 54.1 Å². The molecule has 0 aliphatic carbocycles. The molecule has 1 aromatic heterocycles. The van der Waals surface area contributed by atoms with Gasteiger partial charge < -0.3 is 5.32 Å². The minimum absolute atomic E-state index is 0.258. The molecule has 1 aromatic carbocycles. The second kappa shape index (κ2) is 4.81. The van der Waals surface area contributed by atoms with Crippen LogP contribution in [-0.4, -0.2) is 32.8 Å². The Balaban J connectivity index is 1.84. The van der Waals surface area contributed by atoms with Gasteiger partial charge in [0.15, 0.2) is 5.82 Å². The molecular formula is C12H14FN5. The van der Waals surface area contributed by atoms with E-state index in [1.165, 1.54) is 18.6 Å². The molecule has 1 aliphatic rings. The third-order valence-corrected chi connectivity index (χ3v) is 3.20. The third-order valence-electron chi connectivity index (χ3n) is 3.20. The van der Waals surface area contributed by atoms with E-state index in [9.17, 15) is 4.39 Å². The van der Waals surface area contributed by atoms with Crippen molar-refractivity contribution in [3.8, 4) is 5.69 Å². The highest BCUT2D eigenvalue weighted by molar-refractivity contribution is 5.31. The Morgan fingerprint density at radius 2 is 2.17 bits per heavy atom. The molecule has 6 heteroatoms. The Kier molecular flexibility index (Phi) is 3.02. The second-order valence-electron chi connectivity index (χ2n) is 4.48. The van der Waals surface area contributed by atoms with Gasteiger partial charge in [0.1, 0.15) is 5.82 Å². The van der Waals surface area contributed by atoms with Crippen LogP contribution in [0.2, 0.25) is 0 Å². The van der Waals surface area contributed by atoms with E-state index in [4.69, 9.17) is 0 Å². The minimum atomic E-state index is -0.258. The molecule has 0 radical (unpaired) electrons. The minimum Gasteiger partial charge on any atom is -0.314 e. The molecule has 1 atom stereocenters. The van der Waals surface area contributed by atoms with Crippen molar-refractivity contribution in [1.82, 2.24) is 25.5 Å². The van der Waals surface area contributed by atoms with E-state index in [-0.39, 0.29) is 5.82 Å². The van der Waals surface area contributed by atoms with Crippen LogP contribution in [0, 0.1) is 5.82 Å². The van der Waals surface area contributed by atoms with Crippen LogP contribution in [0.4, 0.5) is 4.39 Å². The maximum Gasteiger partial charge on any atom is 0.158 e. The number of halogens is 1. The molecule has 0 bridgehead atoms. The van der Waals surface area contributed by atoms with E-state index in [0.29, 0.717) is 6.04 Å². The molecule has 1 fully saturated rings. The van der Waals surface area contributed by atoms with Gasteiger partial charge in [-0.15, -0.1) is 5.10 Å². The molecule has 94 valence electrons. The van der Waals surface area contributed by atoms with Crippen molar-refractivity contribution < 1.29 is 4.39 Å². The third kappa shape index (κ3) is 2.24. The number of benzene rings is 1. The van der Waals surface area contributed by atoms with Gasteiger partial charge in [-0.1, -0.05) is 0 Å². The summed E-state index contributed by atoms with van der Waals surface area (Å²) in [6, 6.07) is 6.62. The summed E-state index contributed by atoms with van der Waals surface area (Å²) in [7, 11) is 0. The summed E-state index contributed by atoms with van der Waals surface area (Å²) in [6.45, 7) is 1.06. The van der Waals surface area contributed by atoms with E-state index < -0.39 is 0 Å². The van der Waals surface area contributed by atoms with Crippen molar-refractivity contribution in [2.75, 3.05) is 6.54 Å². The van der Waals surface area contributed by atoms with Gasteiger partial charge in [0.05, 0.1) is 5.69 Å². The maximum atomic E-state index is 12.9. The average molecular weight is 247 g/mol. The quantitative estimate of drug-likeness (QED) is 0.882. The predicted octanol–water partition coefficient (Wildman–Crippen LogP) is 1.10. The largest absolute Gasteiger partial charge is 0.314 e. The fourth-order valence-electron chi connectivity index (χ4n) is 2.27. The highest BCUT2D eigenvalue weighted by Crippen LogP contribution is 2.13. The average Bonchev–Trinajstić information content (AvgIpc) is 3.02. The van der Waals surface area contributed by atoms with Crippen LogP contribution < -0.4 is 5.32 Å². The lowest BCUT2D eigenvalue weighted by Crippen LogP contribution is -2.25. The van der Waals surface area contributed by atoms with Gasteiger partial charge >= 0.3 is 0 Å². The topological polar surface area (TPSA) is 55.6 Å². The highest BCUT2D eigenvalue weighted by Gasteiger charge is 2.18. The molecule has 2 heterocycles. The number of tetrazole rings is 1. The van der Waals surface area contributed by atoms with Crippen LogP contribution in [0.3, 0.4) is 0 Å². The van der Waals surface area contributed by atoms with E-state index >= 15 is 0 Å². The van der Waals surface area contributed by atoms with Crippen molar-refractivity contribution >= 4 is 0 Å². The Bertz CT molecular complexity index is 516. The van der Waals surface area contributed by atoms with Gasteiger partial charge in [-0.2, -0.15) is 4.68 Å². The predicted molar refractivity (Wildman–Crippen MR) is 63.8 cm³/mol. The van der Waals surface area contributed by atoms with E-state index in [1.807, 2.05) is 0 Å². The molecule has 2 aromatic rings. The SMILES string of the molecule is Fc1ccc(-n2nnnc2CC2CCCN2)cc1. The molecule has 1 N–H and O–H groups in total. The fourth-order valence-corrected chi connectivity index (χ4v) is 2.27. The molecular weight excluding hydrogens is 233 g/mol. The molecule has 1 saturated heterocycles. The van der Waals surface area contributed by atoms with E-state index in [0.717, 1.165) is 30.9 Å². The standard InChI is InChI=1S/C12H14FN5/c13-9-3-5-11(6-4-9)18-12(15-16-17-18)8-10-2-1-7-14-10/h3-6,10,14H,1-2,7-8H2. The summed E-state index contributed by atoms with van der Waals surface area (Å²) in [5, 5.41) is 15.1. The lowest BCUT2D eigenvalue weighted by atomic mass is 10.1. The summed E-state index contributed by atoms with van der Waals surface area (Å²) in [5.74, 6) is 0.548. The van der Waals surface area contributed by atoms with Crippen molar-refractivity contribution in [3.05, 3.63) is 35.9 Å².